The van der Waals surface area contributed by atoms with Crippen molar-refractivity contribution in [1.82, 2.24) is 9.97 Å². The zero-order valence-electron chi connectivity index (χ0n) is 9.41. The topological polar surface area (TPSA) is 25.8 Å². The van der Waals surface area contributed by atoms with Gasteiger partial charge in [-0.15, -0.1) is 0 Å². The summed E-state index contributed by atoms with van der Waals surface area (Å²) in [6.07, 6.45) is -6.26. The second kappa shape index (κ2) is 2.90. The van der Waals surface area contributed by atoms with Gasteiger partial charge in [0.05, 0.1) is 12.6 Å². The van der Waals surface area contributed by atoms with Gasteiger partial charge in [-0.3, -0.25) is 0 Å². The largest absolute Gasteiger partial charge is 0.419 e. The molecule has 0 aromatic carbocycles. The van der Waals surface area contributed by atoms with E-state index in [1.54, 1.807) is 0 Å². The van der Waals surface area contributed by atoms with E-state index in [1.165, 1.54) is 0 Å². The van der Waals surface area contributed by atoms with E-state index in [0.717, 1.165) is 0 Å². The summed E-state index contributed by atoms with van der Waals surface area (Å²) in [5.41, 5.74) is -2.94. The molecule has 0 aliphatic carbocycles. The monoisotopic (exact) mass is 200 g/mol. The summed E-state index contributed by atoms with van der Waals surface area (Å²) in [4.78, 5) is 5.99. The van der Waals surface area contributed by atoms with Crippen LogP contribution in [0.4, 0.5) is 13.2 Å². The first kappa shape index (κ1) is 5.01. The van der Waals surface area contributed by atoms with Crippen LogP contribution in [0.2, 0.25) is 5.28 Å². The third-order valence-electron chi connectivity index (χ3n) is 0.984. The van der Waals surface area contributed by atoms with E-state index in [2.05, 4.69) is 9.97 Å². The highest BCUT2D eigenvalue weighted by Crippen LogP contribution is 2.30. The predicted molar refractivity (Wildman–Crippen MR) is 36.8 cm³/mol. The molecular weight excluding hydrogens is 193 g/mol. The van der Waals surface area contributed by atoms with Crippen molar-refractivity contribution in [3.63, 3.8) is 0 Å². The molecule has 66 valence electrons. The zero-order chi connectivity index (χ0) is 12.7. The van der Waals surface area contributed by atoms with Crippen molar-refractivity contribution >= 4 is 11.6 Å². The maximum Gasteiger partial charge on any atom is 0.419 e. The third-order valence-corrected chi connectivity index (χ3v) is 1.15. The fraction of sp³-hybridized carbons (Fsp3) is 0.333. The van der Waals surface area contributed by atoms with Gasteiger partial charge in [-0.2, -0.15) is 13.2 Å². The fourth-order valence-corrected chi connectivity index (χ4v) is 0.653. The number of aryl methyl sites for hydroxylation is 1. The number of rotatable bonds is 0. The first-order valence-electron chi connectivity index (χ1n) is 4.65. The molecule has 0 amide bonds. The molecule has 1 aromatic heterocycles. The van der Waals surface area contributed by atoms with Crippen LogP contribution >= 0.6 is 11.6 Å². The van der Waals surface area contributed by atoms with Crippen molar-refractivity contribution in [2.45, 2.75) is 13.0 Å². The van der Waals surface area contributed by atoms with Gasteiger partial charge in [-0.25, -0.2) is 9.97 Å². The Morgan fingerprint density at radius 3 is 2.83 bits per heavy atom. The highest BCUT2D eigenvalue weighted by atomic mass is 35.5. The summed E-state index contributed by atoms with van der Waals surface area (Å²) < 4.78 is 65.1. The lowest BCUT2D eigenvalue weighted by molar-refractivity contribution is -0.138. The lowest BCUT2D eigenvalue weighted by atomic mass is 10.2. The molecule has 1 rings (SSSR count). The van der Waals surface area contributed by atoms with E-state index < -0.39 is 35.7 Å². The lowest BCUT2D eigenvalue weighted by Crippen LogP contribution is -2.09. The summed E-state index contributed by atoms with van der Waals surface area (Å²) >= 11 is 5.22. The molecule has 0 unspecified atom stereocenters. The van der Waals surface area contributed by atoms with Crippen molar-refractivity contribution in [2.75, 3.05) is 0 Å². The smallest absolute Gasteiger partial charge is 0.226 e. The quantitative estimate of drug-likeness (QED) is 0.602. The second-order valence-corrected chi connectivity index (χ2v) is 2.16. The average molecular weight is 201 g/mol. The number of aromatic nitrogens is 2. The molecule has 0 atom stereocenters. The molecule has 2 nitrogen and oxygen atoms in total. The molecule has 1 aromatic rings. The molecule has 0 spiro atoms. The normalized spacial score (nSPS) is 17.7. The van der Waals surface area contributed by atoms with E-state index in [1.807, 2.05) is 0 Å². The van der Waals surface area contributed by atoms with E-state index >= 15 is 0 Å². The van der Waals surface area contributed by atoms with Gasteiger partial charge in [0.25, 0.3) is 0 Å². The van der Waals surface area contributed by atoms with Gasteiger partial charge >= 0.3 is 6.18 Å². The van der Waals surface area contributed by atoms with Crippen LogP contribution in [0.3, 0.4) is 0 Å². The van der Waals surface area contributed by atoms with Crippen molar-refractivity contribution in [3.8, 4) is 0 Å². The first-order valence-corrected chi connectivity index (χ1v) is 3.03. The van der Waals surface area contributed by atoms with Crippen LogP contribution in [0.15, 0.2) is 6.17 Å². The Morgan fingerprint density at radius 1 is 1.67 bits per heavy atom. The Hall–Kier alpha value is -0.840. The molecule has 1 heterocycles. The van der Waals surface area contributed by atoms with Crippen molar-refractivity contribution in [1.29, 1.82) is 0 Å². The Bertz CT molecular complexity index is 417. The van der Waals surface area contributed by atoms with Crippen molar-refractivity contribution in [3.05, 3.63) is 22.7 Å². The average Bonchev–Trinajstić information content (AvgIpc) is 1.97. The molecule has 0 radical (unpaired) electrons. The van der Waals surface area contributed by atoms with Crippen LogP contribution in [-0.4, -0.2) is 9.97 Å². The summed E-state index contributed by atoms with van der Waals surface area (Å²) in [6.45, 7) is -3.10. The summed E-state index contributed by atoms with van der Waals surface area (Å²) in [5.74, 6) is 0. The van der Waals surface area contributed by atoms with Gasteiger partial charge in [0.2, 0.25) is 5.28 Å². The Morgan fingerprint density at radius 2 is 2.33 bits per heavy atom. The minimum absolute atomic E-state index is 0.705. The summed E-state index contributed by atoms with van der Waals surface area (Å²) in [5, 5.41) is -0.705. The number of hydrogen-bond acceptors (Lipinski definition) is 2. The van der Waals surface area contributed by atoms with Crippen LogP contribution in [-0.2, 0) is 6.18 Å². The summed E-state index contributed by atoms with van der Waals surface area (Å²) in [7, 11) is 0. The fourth-order valence-electron chi connectivity index (χ4n) is 0.526. The maximum absolute atomic E-state index is 12.5. The highest BCUT2D eigenvalue weighted by molar-refractivity contribution is 6.28. The van der Waals surface area contributed by atoms with Crippen molar-refractivity contribution < 1.29 is 18.7 Å². The van der Waals surface area contributed by atoms with E-state index in [-0.39, 0.29) is 0 Å². The van der Waals surface area contributed by atoms with Crippen LogP contribution in [0.25, 0.3) is 0 Å². The minimum atomic E-state index is -5.01. The summed E-state index contributed by atoms with van der Waals surface area (Å²) in [6, 6.07) is 0. The first-order chi connectivity index (χ1) is 7.03. The van der Waals surface area contributed by atoms with E-state index in [0.29, 0.717) is 0 Å². The highest BCUT2D eigenvalue weighted by Gasteiger charge is 2.33. The lowest BCUT2D eigenvalue weighted by Gasteiger charge is -2.07. The standard InChI is InChI=1S/C6H4ClF3N2/c1-3-4(6(8,9)10)2-11-5(7)12-3/h2H,1H3/i1D3,2D. The van der Waals surface area contributed by atoms with Gasteiger partial charge in [0.1, 0.15) is 0 Å². The molecule has 0 fully saturated rings. The van der Waals surface area contributed by atoms with Crippen LogP contribution in [0.5, 0.6) is 0 Å². The Kier molecular flexibility index (Phi) is 1.21. The van der Waals surface area contributed by atoms with Gasteiger partial charge in [0, 0.05) is 10.3 Å². The molecule has 12 heavy (non-hydrogen) atoms. The van der Waals surface area contributed by atoms with Crippen LogP contribution in [0.1, 0.15) is 16.7 Å². The van der Waals surface area contributed by atoms with E-state index in [9.17, 15) is 13.2 Å². The zero-order valence-corrected chi connectivity index (χ0v) is 6.16. The molecule has 0 aliphatic rings. The van der Waals surface area contributed by atoms with Gasteiger partial charge < -0.3 is 0 Å². The molecular formula is C6H4ClF3N2. The Balaban J connectivity index is 3.58. The van der Waals surface area contributed by atoms with Gasteiger partial charge in [-0.05, 0) is 18.5 Å². The van der Waals surface area contributed by atoms with E-state index in [4.69, 9.17) is 17.1 Å². The second-order valence-electron chi connectivity index (χ2n) is 1.83. The van der Waals surface area contributed by atoms with Gasteiger partial charge in [-0.1, -0.05) is 0 Å². The molecule has 0 saturated heterocycles. The predicted octanol–water partition coefficient (Wildman–Crippen LogP) is 2.46. The molecule has 0 N–H and O–H groups in total. The maximum atomic E-state index is 12.5. The number of hydrogen-bond donors (Lipinski definition) is 0. The van der Waals surface area contributed by atoms with Crippen molar-refractivity contribution in [2.24, 2.45) is 0 Å². The molecule has 0 saturated carbocycles. The minimum Gasteiger partial charge on any atom is -0.226 e. The van der Waals surface area contributed by atoms with Crippen LogP contribution < -0.4 is 0 Å². The third kappa shape index (κ3) is 1.85. The number of halogens is 4. The Labute approximate surface area is 77.0 Å². The number of alkyl halides is 3. The number of nitrogens with zero attached hydrogens (tertiary/aromatic N) is 2. The SMILES string of the molecule is [2H]c1nc(Cl)nc(C([2H])([2H])[2H])c1C(F)(F)F. The molecule has 0 bridgehead atoms. The molecule has 6 heteroatoms. The molecule has 0 aliphatic heterocycles. The van der Waals surface area contributed by atoms with Crippen LogP contribution in [0, 0.1) is 6.85 Å². The van der Waals surface area contributed by atoms with Gasteiger partial charge in [0.15, 0.2) is 0 Å².